The molecule has 1 aromatic carbocycles. The van der Waals surface area contributed by atoms with Gasteiger partial charge in [0.05, 0.1) is 6.54 Å². The fourth-order valence-electron chi connectivity index (χ4n) is 2.96. The van der Waals surface area contributed by atoms with Crippen molar-refractivity contribution < 1.29 is 4.79 Å². The molecule has 0 spiro atoms. The SMILES string of the molecule is CCCc1ccc(NC(=O)CN2CCCCC2CN)cc1. The van der Waals surface area contributed by atoms with E-state index in [1.807, 2.05) is 12.1 Å². The molecule has 1 atom stereocenters. The van der Waals surface area contributed by atoms with Crippen LogP contribution in [0.5, 0.6) is 0 Å². The smallest absolute Gasteiger partial charge is 0.238 e. The minimum atomic E-state index is 0.0543. The van der Waals surface area contributed by atoms with Crippen molar-refractivity contribution in [3.05, 3.63) is 29.8 Å². The van der Waals surface area contributed by atoms with Crippen molar-refractivity contribution >= 4 is 11.6 Å². The highest BCUT2D eigenvalue weighted by Gasteiger charge is 2.22. The number of aryl methyl sites for hydroxylation is 1. The van der Waals surface area contributed by atoms with Crippen LogP contribution in [0.4, 0.5) is 5.69 Å². The molecule has 116 valence electrons. The lowest BCUT2D eigenvalue weighted by molar-refractivity contribution is -0.118. The Kier molecular flexibility index (Phi) is 6.21. The molecule has 1 aliphatic heterocycles. The number of carbonyl (C=O) groups is 1. The average molecular weight is 289 g/mol. The zero-order valence-electron chi connectivity index (χ0n) is 13.0. The number of hydrogen-bond acceptors (Lipinski definition) is 3. The van der Waals surface area contributed by atoms with Crippen LogP contribution in [0.15, 0.2) is 24.3 Å². The Morgan fingerprint density at radius 1 is 1.33 bits per heavy atom. The van der Waals surface area contributed by atoms with Gasteiger partial charge in [-0.2, -0.15) is 0 Å². The zero-order valence-corrected chi connectivity index (χ0v) is 13.0. The lowest BCUT2D eigenvalue weighted by Crippen LogP contribution is -2.47. The second-order valence-electron chi connectivity index (χ2n) is 5.85. The molecule has 1 heterocycles. The Morgan fingerprint density at radius 3 is 2.76 bits per heavy atom. The van der Waals surface area contributed by atoms with E-state index in [0.717, 1.165) is 37.9 Å². The molecule has 1 fully saturated rings. The second kappa shape index (κ2) is 8.15. The van der Waals surface area contributed by atoms with Crippen molar-refractivity contribution in [3.63, 3.8) is 0 Å². The van der Waals surface area contributed by atoms with Crippen molar-refractivity contribution in [2.75, 3.05) is 25.0 Å². The summed E-state index contributed by atoms with van der Waals surface area (Å²) in [6.07, 6.45) is 5.71. The molecule has 1 saturated heterocycles. The first-order valence-electron chi connectivity index (χ1n) is 8.06. The van der Waals surface area contributed by atoms with E-state index in [0.29, 0.717) is 19.1 Å². The van der Waals surface area contributed by atoms with Gasteiger partial charge < -0.3 is 11.1 Å². The topological polar surface area (TPSA) is 58.4 Å². The predicted octanol–water partition coefficient (Wildman–Crippen LogP) is 2.39. The van der Waals surface area contributed by atoms with Crippen molar-refractivity contribution in [1.82, 2.24) is 4.90 Å². The van der Waals surface area contributed by atoms with Gasteiger partial charge in [0, 0.05) is 18.3 Å². The standard InChI is InChI=1S/C17H27N3O/c1-2-5-14-7-9-15(10-8-14)19-17(21)13-20-11-4-3-6-16(20)12-18/h7-10,16H,2-6,11-13,18H2,1H3,(H,19,21). The quantitative estimate of drug-likeness (QED) is 0.845. The highest BCUT2D eigenvalue weighted by molar-refractivity contribution is 5.92. The lowest BCUT2D eigenvalue weighted by atomic mass is 10.0. The molecule has 0 aromatic heterocycles. The van der Waals surface area contributed by atoms with Crippen LogP contribution < -0.4 is 11.1 Å². The Balaban J connectivity index is 1.85. The number of rotatable bonds is 6. The highest BCUT2D eigenvalue weighted by Crippen LogP contribution is 2.16. The van der Waals surface area contributed by atoms with Crippen LogP contribution in [-0.2, 0) is 11.2 Å². The van der Waals surface area contributed by atoms with Crippen molar-refractivity contribution in [2.45, 2.75) is 45.1 Å². The third-order valence-corrected chi connectivity index (χ3v) is 4.14. The fourth-order valence-corrected chi connectivity index (χ4v) is 2.96. The number of likely N-dealkylation sites (tertiary alicyclic amines) is 1. The van der Waals surface area contributed by atoms with Gasteiger partial charge in [0.25, 0.3) is 0 Å². The first-order chi connectivity index (χ1) is 10.2. The number of nitrogens with zero attached hydrogens (tertiary/aromatic N) is 1. The molecule has 1 aromatic rings. The maximum Gasteiger partial charge on any atom is 0.238 e. The lowest BCUT2D eigenvalue weighted by Gasteiger charge is -2.34. The van der Waals surface area contributed by atoms with Gasteiger partial charge in [-0.05, 0) is 43.5 Å². The van der Waals surface area contributed by atoms with Crippen LogP contribution in [0.1, 0.15) is 38.2 Å². The monoisotopic (exact) mass is 289 g/mol. The van der Waals surface area contributed by atoms with Gasteiger partial charge in [-0.25, -0.2) is 0 Å². The second-order valence-corrected chi connectivity index (χ2v) is 5.85. The molecule has 21 heavy (non-hydrogen) atoms. The first kappa shape index (κ1) is 16.0. The third kappa shape index (κ3) is 4.83. The van der Waals surface area contributed by atoms with E-state index in [2.05, 4.69) is 29.3 Å². The minimum Gasteiger partial charge on any atom is -0.329 e. The van der Waals surface area contributed by atoms with Gasteiger partial charge in [-0.3, -0.25) is 9.69 Å². The van der Waals surface area contributed by atoms with Gasteiger partial charge in [-0.15, -0.1) is 0 Å². The van der Waals surface area contributed by atoms with Crippen LogP contribution in [0.25, 0.3) is 0 Å². The molecule has 4 heteroatoms. The largest absolute Gasteiger partial charge is 0.329 e. The summed E-state index contributed by atoms with van der Waals surface area (Å²) < 4.78 is 0. The van der Waals surface area contributed by atoms with E-state index >= 15 is 0 Å². The number of nitrogens with two attached hydrogens (primary N) is 1. The Bertz CT molecular complexity index is 444. The van der Waals surface area contributed by atoms with Crippen LogP contribution in [-0.4, -0.2) is 36.5 Å². The number of benzene rings is 1. The summed E-state index contributed by atoms with van der Waals surface area (Å²) in [6, 6.07) is 8.50. The molecule has 0 aliphatic carbocycles. The minimum absolute atomic E-state index is 0.0543. The summed E-state index contributed by atoms with van der Waals surface area (Å²) in [5.41, 5.74) is 7.98. The molecule has 4 nitrogen and oxygen atoms in total. The molecule has 1 aliphatic rings. The number of anilines is 1. The molecular formula is C17H27N3O. The summed E-state index contributed by atoms with van der Waals surface area (Å²) in [5.74, 6) is 0.0543. The van der Waals surface area contributed by atoms with E-state index in [1.54, 1.807) is 0 Å². The van der Waals surface area contributed by atoms with Crippen molar-refractivity contribution in [2.24, 2.45) is 5.73 Å². The van der Waals surface area contributed by atoms with E-state index in [4.69, 9.17) is 5.73 Å². The average Bonchev–Trinajstić information content (AvgIpc) is 2.50. The number of amides is 1. The number of carbonyl (C=O) groups excluding carboxylic acids is 1. The summed E-state index contributed by atoms with van der Waals surface area (Å²) in [6.45, 7) is 4.23. The molecule has 0 radical (unpaired) electrons. The number of nitrogens with one attached hydrogen (secondary N) is 1. The summed E-state index contributed by atoms with van der Waals surface area (Å²) >= 11 is 0. The first-order valence-corrected chi connectivity index (χ1v) is 8.06. The maximum absolute atomic E-state index is 12.2. The predicted molar refractivity (Wildman–Crippen MR) is 87.3 cm³/mol. The van der Waals surface area contributed by atoms with Crippen LogP contribution in [0.3, 0.4) is 0 Å². The highest BCUT2D eigenvalue weighted by atomic mass is 16.2. The molecule has 0 bridgehead atoms. The summed E-state index contributed by atoms with van der Waals surface area (Å²) in [4.78, 5) is 14.4. The zero-order chi connectivity index (χ0) is 15.1. The van der Waals surface area contributed by atoms with Gasteiger partial charge in [0.1, 0.15) is 0 Å². The van der Waals surface area contributed by atoms with Gasteiger partial charge in [-0.1, -0.05) is 31.9 Å². The van der Waals surface area contributed by atoms with Crippen LogP contribution in [0, 0.1) is 0 Å². The molecule has 3 N–H and O–H groups in total. The van der Waals surface area contributed by atoms with E-state index in [-0.39, 0.29) is 5.91 Å². The number of piperidine rings is 1. The summed E-state index contributed by atoms with van der Waals surface area (Å²) in [7, 11) is 0. The third-order valence-electron chi connectivity index (χ3n) is 4.14. The summed E-state index contributed by atoms with van der Waals surface area (Å²) in [5, 5.41) is 2.98. The number of hydrogen-bond donors (Lipinski definition) is 2. The van der Waals surface area contributed by atoms with Crippen molar-refractivity contribution in [1.29, 1.82) is 0 Å². The molecule has 1 amide bonds. The molecule has 1 unspecified atom stereocenters. The maximum atomic E-state index is 12.2. The molecule has 2 rings (SSSR count). The fraction of sp³-hybridized carbons (Fsp3) is 0.588. The molecular weight excluding hydrogens is 262 g/mol. The van der Waals surface area contributed by atoms with Crippen LogP contribution >= 0.6 is 0 Å². The van der Waals surface area contributed by atoms with Gasteiger partial charge >= 0.3 is 0 Å². The van der Waals surface area contributed by atoms with Gasteiger partial charge in [0.2, 0.25) is 5.91 Å². The molecule has 0 saturated carbocycles. The Hall–Kier alpha value is -1.39. The van der Waals surface area contributed by atoms with Gasteiger partial charge in [0.15, 0.2) is 0 Å². The van der Waals surface area contributed by atoms with E-state index in [1.165, 1.54) is 12.0 Å². The normalized spacial score (nSPS) is 19.4. The van der Waals surface area contributed by atoms with Crippen LogP contribution in [0.2, 0.25) is 0 Å². The van der Waals surface area contributed by atoms with E-state index in [9.17, 15) is 4.79 Å². The Morgan fingerprint density at radius 2 is 2.10 bits per heavy atom. The van der Waals surface area contributed by atoms with E-state index < -0.39 is 0 Å². The van der Waals surface area contributed by atoms with Crippen molar-refractivity contribution in [3.8, 4) is 0 Å². The Labute approximate surface area is 127 Å².